The van der Waals surface area contributed by atoms with Gasteiger partial charge in [0.05, 0.1) is 10.7 Å². The van der Waals surface area contributed by atoms with Crippen molar-refractivity contribution in [1.29, 1.82) is 0 Å². The molecule has 1 spiro atoms. The summed E-state index contributed by atoms with van der Waals surface area (Å²) in [5.74, 6) is 0.195. The predicted molar refractivity (Wildman–Crippen MR) is 88.5 cm³/mol. The van der Waals surface area contributed by atoms with Gasteiger partial charge in [0.25, 0.3) is 5.91 Å². The SMILES string of the molecule is CCc1nc(C)c(C(=O)N2CCC3(CCNC3)CC2)s1.Cl. The van der Waals surface area contributed by atoms with Crippen molar-refractivity contribution < 1.29 is 4.79 Å². The maximum absolute atomic E-state index is 12.6. The molecular weight excluding hydrogens is 306 g/mol. The van der Waals surface area contributed by atoms with Crippen molar-refractivity contribution in [3.63, 3.8) is 0 Å². The van der Waals surface area contributed by atoms with Crippen LogP contribution in [-0.2, 0) is 6.42 Å². The summed E-state index contributed by atoms with van der Waals surface area (Å²) in [5, 5.41) is 4.54. The molecule has 1 aromatic heterocycles. The van der Waals surface area contributed by atoms with Crippen molar-refractivity contribution in [2.24, 2.45) is 5.41 Å². The van der Waals surface area contributed by atoms with Gasteiger partial charge in [-0.15, -0.1) is 23.7 Å². The van der Waals surface area contributed by atoms with Gasteiger partial charge in [0.15, 0.2) is 0 Å². The summed E-state index contributed by atoms with van der Waals surface area (Å²) in [6.45, 7) is 8.12. The molecule has 1 aromatic rings. The molecular formula is C15H24ClN3OS. The molecule has 21 heavy (non-hydrogen) atoms. The predicted octanol–water partition coefficient (Wildman–Crippen LogP) is 2.65. The van der Waals surface area contributed by atoms with Crippen LogP contribution < -0.4 is 5.32 Å². The molecule has 4 nitrogen and oxygen atoms in total. The molecule has 3 rings (SSSR count). The van der Waals surface area contributed by atoms with Crippen LogP contribution >= 0.6 is 23.7 Å². The summed E-state index contributed by atoms with van der Waals surface area (Å²) in [5.41, 5.74) is 1.37. The fourth-order valence-corrected chi connectivity index (χ4v) is 4.32. The second-order valence-electron chi connectivity index (χ2n) is 6.09. The molecule has 0 radical (unpaired) electrons. The molecule has 3 heterocycles. The van der Waals surface area contributed by atoms with Crippen LogP contribution in [0.5, 0.6) is 0 Å². The number of thiazole rings is 1. The van der Waals surface area contributed by atoms with E-state index in [-0.39, 0.29) is 18.3 Å². The van der Waals surface area contributed by atoms with Crippen LogP contribution in [-0.4, -0.2) is 42.0 Å². The Balaban J connectivity index is 0.00000161. The lowest BCUT2D eigenvalue weighted by Crippen LogP contribution is -2.44. The average molecular weight is 330 g/mol. The molecule has 2 saturated heterocycles. The average Bonchev–Trinajstić information content (AvgIpc) is 3.06. The van der Waals surface area contributed by atoms with E-state index in [2.05, 4.69) is 17.2 Å². The maximum Gasteiger partial charge on any atom is 0.265 e. The van der Waals surface area contributed by atoms with Gasteiger partial charge in [-0.25, -0.2) is 4.98 Å². The summed E-state index contributed by atoms with van der Waals surface area (Å²) in [7, 11) is 0. The van der Waals surface area contributed by atoms with Gasteiger partial charge in [-0.3, -0.25) is 4.79 Å². The van der Waals surface area contributed by atoms with Crippen molar-refractivity contribution in [3.8, 4) is 0 Å². The number of aromatic nitrogens is 1. The lowest BCUT2D eigenvalue weighted by molar-refractivity contribution is 0.0611. The Kier molecular flexibility index (Phi) is 5.28. The number of halogens is 1. The fraction of sp³-hybridized carbons (Fsp3) is 0.733. The van der Waals surface area contributed by atoms with Gasteiger partial charge in [-0.1, -0.05) is 6.92 Å². The monoisotopic (exact) mass is 329 g/mol. The van der Waals surface area contributed by atoms with Crippen LogP contribution in [0, 0.1) is 12.3 Å². The van der Waals surface area contributed by atoms with Gasteiger partial charge < -0.3 is 10.2 Å². The van der Waals surface area contributed by atoms with Crippen LogP contribution in [0.3, 0.4) is 0 Å². The van der Waals surface area contributed by atoms with Gasteiger partial charge in [0.2, 0.25) is 0 Å². The molecule has 0 saturated carbocycles. The molecule has 0 aromatic carbocycles. The number of carbonyl (C=O) groups is 1. The van der Waals surface area contributed by atoms with E-state index in [1.165, 1.54) is 6.42 Å². The first kappa shape index (κ1) is 16.7. The van der Waals surface area contributed by atoms with Gasteiger partial charge in [-0.2, -0.15) is 0 Å². The molecule has 2 aliphatic heterocycles. The molecule has 0 aliphatic carbocycles. The zero-order valence-corrected chi connectivity index (χ0v) is 14.4. The summed E-state index contributed by atoms with van der Waals surface area (Å²) < 4.78 is 0. The number of hydrogen-bond acceptors (Lipinski definition) is 4. The Labute approximate surface area is 136 Å². The highest BCUT2D eigenvalue weighted by atomic mass is 35.5. The van der Waals surface area contributed by atoms with Crippen molar-refractivity contribution in [2.45, 2.75) is 39.5 Å². The molecule has 2 fully saturated rings. The van der Waals surface area contributed by atoms with Crippen molar-refractivity contribution in [2.75, 3.05) is 26.2 Å². The third-order valence-corrected chi connectivity index (χ3v) is 6.07. The van der Waals surface area contributed by atoms with Gasteiger partial charge in [-0.05, 0) is 44.6 Å². The van der Waals surface area contributed by atoms with E-state index in [4.69, 9.17) is 0 Å². The topological polar surface area (TPSA) is 45.2 Å². The minimum atomic E-state index is 0. The van der Waals surface area contributed by atoms with E-state index in [0.29, 0.717) is 5.41 Å². The van der Waals surface area contributed by atoms with E-state index >= 15 is 0 Å². The van der Waals surface area contributed by atoms with E-state index < -0.39 is 0 Å². The Morgan fingerprint density at radius 3 is 2.62 bits per heavy atom. The molecule has 2 aliphatic rings. The van der Waals surface area contributed by atoms with E-state index in [9.17, 15) is 4.79 Å². The number of carbonyl (C=O) groups excluding carboxylic acids is 1. The van der Waals surface area contributed by atoms with Crippen molar-refractivity contribution in [3.05, 3.63) is 15.6 Å². The highest BCUT2D eigenvalue weighted by molar-refractivity contribution is 7.13. The van der Waals surface area contributed by atoms with Crippen LogP contribution in [0.4, 0.5) is 0 Å². The number of amides is 1. The smallest absolute Gasteiger partial charge is 0.265 e. The number of likely N-dealkylation sites (tertiary alicyclic amines) is 1. The quantitative estimate of drug-likeness (QED) is 0.907. The first-order valence-electron chi connectivity index (χ1n) is 7.60. The molecule has 0 atom stereocenters. The standard InChI is InChI=1S/C15H23N3OS.ClH/c1-3-12-17-11(2)13(20-12)14(19)18-8-5-15(6-9-18)4-7-16-10-15;/h16H,3-10H2,1-2H3;1H. The zero-order valence-electron chi connectivity index (χ0n) is 12.8. The second-order valence-corrected chi connectivity index (χ2v) is 7.18. The molecule has 0 unspecified atom stereocenters. The molecule has 6 heteroatoms. The molecule has 0 bridgehead atoms. The largest absolute Gasteiger partial charge is 0.338 e. The second kappa shape index (κ2) is 6.63. The van der Waals surface area contributed by atoms with E-state index in [0.717, 1.165) is 61.0 Å². The molecule has 118 valence electrons. The third-order valence-electron chi connectivity index (χ3n) is 4.78. The Bertz CT molecular complexity index is 501. The van der Waals surface area contributed by atoms with Crippen LogP contribution in [0.1, 0.15) is 46.6 Å². The Hall–Kier alpha value is -0.650. The zero-order chi connectivity index (χ0) is 14.2. The summed E-state index contributed by atoms with van der Waals surface area (Å²) in [4.78, 5) is 20.0. The number of nitrogens with one attached hydrogen (secondary N) is 1. The Morgan fingerprint density at radius 1 is 1.38 bits per heavy atom. The van der Waals surface area contributed by atoms with Gasteiger partial charge in [0.1, 0.15) is 4.88 Å². The first-order valence-corrected chi connectivity index (χ1v) is 8.41. The highest BCUT2D eigenvalue weighted by Gasteiger charge is 2.38. The lowest BCUT2D eigenvalue weighted by Gasteiger charge is -2.38. The van der Waals surface area contributed by atoms with Crippen LogP contribution in [0.2, 0.25) is 0 Å². The molecule has 1 amide bonds. The summed E-state index contributed by atoms with van der Waals surface area (Å²) in [6, 6.07) is 0. The first-order chi connectivity index (χ1) is 9.63. The number of aryl methyl sites for hydroxylation is 2. The highest BCUT2D eigenvalue weighted by Crippen LogP contribution is 2.37. The van der Waals surface area contributed by atoms with Crippen LogP contribution in [0.15, 0.2) is 0 Å². The Morgan fingerprint density at radius 2 is 2.10 bits per heavy atom. The molecule has 1 N–H and O–H groups in total. The maximum atomic E-state index is 12.6. The fourth-order valence-electron chi connectivity index (χ4n) is 3.35. The van der Waals surface area contributed by atoms with Crippen molar-refractivity contribution in [1.82, 2.24) is 15.2 Å². The lowest BCUT2D eigenvalue weighted by atomic mass is 9.78. The van der Waals surface area contributed by atoms with E-state index in [1.54, 1.807) is 11.3 Å². The minimum absolute atomic E-state index is 0. The van der Waals surface area contributed by atoms with Crippen LogP contribution in [0.25, 0.3) is 0 Å². The number of nitrogens with zero attached hydrogens (tertiary/aromatic N) is 2. The normalized spacial score (nSPS) is 20.6. The summed E-state index contributed by atoms with van der Waals surface area (Å²) in [6.07, 6.45) is 4.47. The summed E-state index contributed by atoms with van der Waals surface area (Å²) >= 11 is 1.57. The third kappa shape index (κ3) is 3.25. The number of rotatable bonds is 2. The van der Waals surface area contributed by atoms with Crippen molar-refractivity contribution >= 4 is 29.7 Å². The van der Waals surface area contributed by atoms with Gasteiger partial charge >= 0.3 is 0 Å². The minimum Gasteiger partial charge on any atom is -0.338 e. The van der Waals surface area contributed by atoms with Gasteiger partial charge in [0, 0.05) is 19.6 Å². The number of piperidine rings is 1. The number of hydrogen-bond donors (Lipinski definition) is 1. The van der Waals surface area contributed by atoms with E-state index in [1.807, 2.05) is 11.8 Å².